The Morgan fingerprint density at radius 2 is 1.79 bits per heavy atom. The Labute approximate surface area is 115 Å². The zero-order valence-corrected chi connectivity index (χ0v) is 12.5. The van der Waals surface area contributed by atoms with Gasteiger partial charge >= 0.3 is 0 Å². The van der Waals surface area contributed by atoms with Crippen LogP contribution in [0.2, 0.25) is 0 Å². The van der Waals surface area contributed by atoms with Crippen molar-refractivity contribution in [1.29, 1.82) is 0 Å². The lowest BCUT2D eigenvalue weighted by molar-refractivity contribution is -0.0472. The highest BCUT2D eigenvalue weighted by molar-refractivity contribution is 5.44. The van der Waals surface area contributed by atoms with Gasteiger partial charge in [0.15, 0.2) is 11.5 Å². The summed E-state index contributed by atoms with van der Waals surface area (Å²) in [4.78, 5) is 0. The summed E-state index contributed by atoms with van der Waals surface area (Å²) in [5.74, 6) is 1.39. The van der Waals surface area contributed by atoms with Crippen molar-refractivity contribution in [3.8, 4) is 11.5 Å². The van der Waals surface area contributed by atoms with E-state index in [1.807, 2.05) is 32.0 Å². The standard InChI is InChI=1S/C15H25NO3/c1-6-15(3,19-7-2)14(16)11-8-9-12(17-4)13(10-11)18-5/h8-10,14H,6-7,16H2,1-5H3. The van der Waals surface area contributed by atoms with E-state index in [4.69, 9.17) is 19.9 Å². The van der Waals surface area contributed by atoms with Gasteiger partial charge in [-0.1, -0.05) is 13.0 Å². The molecule has 0 spiro atoms. The van der Waals surface area contributed by atoms with Crippen LogP contribution in [0.3, 0.4) is 0 Å². The molecule has 19 heavy (non-hydrogen) atoms. The molecule has 0 bridgehead atoms. The predicted octanol–water partition coefficient (Wildman–Crippen LogP) is 2.91. The Kier molecular flexibility index (Phi) is 5.63. The molecular weight excluding hydrogens is 242 g/mol. The van der Waals surface area contributed by atoms with Gasteiger partial charge in [-0.05, 0) is 38.0 Å². The van der Waals surface area contributed by atoms with Crippen LogP contribution in [-0.4, -0.2) is 26.4 Å². The first kappa shape index (κ1) is 15.8. The molecule has 0 heterocycles. The van der Waals surface area contributed by atoms with Crippen LogP contribution >= 0.6 is 0 Å². The Morgan fingerprint density at radius 3 is 2.26 bits per heavy atom. The number of benzene rings is 1. The van der Waals surface area contributed by atoms with Crippen LogP contribution in [0.25, 0.3) is 0 Å². The molecule has 1 aromatic carbocycles. The summed E-state index contributed by atoms with van der Waals surface area (Å²) in [6.07, 6.45) is 0.844. The molecule has 1 aromatic rings. The summed E-state index contributed by atoms with van der Waals surface area (Å²) in [7, 11) is 3.24. The lowest BCUT2D eigenvalue weighted by Crippen LogP contribution is -2.40. The van der Waals surface area contributed by atoms with Crippen molar-refractivity contribution in [3.05, 3.63) is 23.8 Å². The summed E-state index contributed by atoms with van der Waals surface area (Å²) in [5.41, 5.74) is 6.97. The summed E-state index contributed by atoms with van der Waals surface area (Å²) in [6, 6.07) is 5.53. The van der Waals surface area contributed by atoms with Gasteiger partial charge in [0.25, 0.3) is 0 Å². The molecule has 2 atom stereocenters. The molecule has 0 aliphatic rings. The Balaban J connectivity index is 3.08. The normalized spacial score (nSPS) is 15.7. The van der Waals surface area contributed by atoms with Crippen molar-refractivity contribution >= 4 is 0 Å². The van der Waals surface area contributed by atoms with E-state index >= 15 is 0 Å². The molecule has 0 aliphatic carbocycles. The number of ether oxygens (including phenoxy) is 3. The van der Waals surface area contributed by atoms with Crippen LogP contribution < -0.4 is 15.2 Å². The third-order valence-corrected chi connectivity index (χ3v) is 3.60. The van der Waals surface area contributed by atoms with Crippen LogP contribution in [0, 0.1) is 0 Å². The number of rotatable bonds is 7. The highest BCUT2D eigenvalue weighted by Crippen LogP contribution is 2.35. The van der Waals surface area contributed by atoms with Gasteiger partial charge in [-0.15, -0.1) is 0 Å². The van der Waals surface area contributed by atoms with Crippen LogP contribution in [0.4, 0.5) is 0 Å². The largest absolute Gasteiger partial charge is 0.493 e. The smallest absolute Gasteiger partial charge is 0.161 e. The molecule has 0 amide bonds. The first-order valence-electron chi connectivity index (χ1n) is 6.63. The lowest BCUT2D eigenvalue weighted by atomic mass is 9.88. The first-order chi connectivity index (χ1) is 9.02. The molecular formula is C15H25NO3. The fourth-order valence-electron chi connectivity index (χ4n) is 2.14. The molecule has 0 aliphatic heterocycles. The van der Waals surface area contributed by atoms with Crippen molar-refractivity contribution in [1.82, 2.24) is 0 Å². The quantitative estimate of drug-likeness (QED) is 0.825. The van der Waals surface area contributed by atoms with E-state index in [0.29, 0.717) is 18.1 Å². The van der Waals surface area contributed by atoms with E-state index in [1.165, 1.54) is 0 Å². The zero-order chi connectivity index (χ0) is 14.5. The molecule has 2 N–H and O–H groups in total. The summed E-state index contributed by atoms with van der Waals surface area (Å²) in [6.45, 7) is 6.74. The maximum absolute atomic E-state index is 6.36. The molecule has 1 rings (SSSR count). The monoisotopic (exact) mass is 267 g/mol. The highest BCUT2D eigenvalue weighted by Gasteiger charge is 2.32. The fraction of sp³-hybridized carbons (Fsp3) is 0.600. The predicted molar refractivity (Wildman–Crippen MR) is 76.8 cm³/mol. The van der Waals surface area contributed by atoms with Crippen molar-refractivity contribution in [3.63, 3.8) is 0 Å². The topological polar surface area (TPSA) is 53.7 Å². The molecule has 4 heteroatoms. The van der Waals surface area contributed by atoms with Gasteiger partial charge in [-0.25, -0.2) is 0 Å². The Bertz CT molecular complexity index is 408. The van der Waals surface area contributed by atoms with E-state index < -0.39 is 0 Å². The summed E-state index contributed by atoms with van der Waals surface area (Å²) < 4.78 is 16.4. The van der Waals surface area contributed by atoms with E-state index in [2.05, 4.69) is 6.92 Å². The van der Waals surface area contributed by atoms with Gasteiger partial charge in [-0.2, -0.15) is 0 Å². The number of methoxy groups -OCH3 is 2. The average Bonchev–Trinajstić information content (AvgIpc) is 2.45. The minimum atomic E-state index is -0.381. The van der Waals surface area contributed by atoms with Crippen molar-refractivity contribution in [2.24, 2.45) is 5.73 Å². The van der Waals surface area contributed by atoms with Crippen LogP contribution in [0.5, 0.6) is 11.5 Å². The molecule has 108 valence electrons. The van der Waals surface area contributed by atoms with E-state index in [9.17, 15) is 0 Å². The average molecular weight is 267 g/mol. The van der Waals surface area contributed by atoms with Crippen molar-refractivity contribution in [2.75, 3.05) is 20.8 Å². The van der Waals surface area contributed by atoms with Gasteiger partial charge in [0.1, 0.15) is 0 Å². The second-order valence-corrected chi connectivity index (χ2v) is 4.69. The number of hydrogen-bond acceptors (Lipinski definition) is 4. The van der Waals surface area contributed by atoms with Gasteiger partial charge in [0, 0.05) is 6.61 Å². The summed E-state index contributed by atoms with van der Waals surface area (Å²) >= 11 is 0. The lowest BCUT2D eigenvalue weighted by Gasteiger charge is -2.34. The number of hydrogen-bond donors (Lipinski definition) is 1. The first-order valence-corrected chi connectivity index (χ1v) is 6.63. The zero-order valence-electron chi connectivity index (χ0n) is 12.5. The van der Waals surface area contributed by atoms with Gasteiger partial charge < -0.3 is 19.9 Å². The van der Waals surface area contributed by atoms with E-state index in [-0.39, 0.29) is 11.6 Å². The van der Waals surface area contributed by atoms with Gasteiger partial charge in [-0.3, -0.25) is 0 Å². The molecule has 0 saturated carbocycles. The minimum absolute atomic E-state index is 0.211. The van der Waals surface area contributed by atoms with Crippen molar-refractivity contribution < 1.29 is 14.2 Å². The van der Waals surface area contributed by atoms with Crippen LogP contribution in [0.15, 0.2) is 18.2 Å². The second-order valence-electron chi connectivity index (χ2n) is 4.69. The number of nitrogens with two attached hydrogens (primary N) is 1. The second kappa shape index (κ2) is 6.78. The minimum Gasteiger partial charge on any atom is -0.493 e. The molecule has 0 saturated heterocycles. The van der Waals surface area contributed by atoms with Gasteiger partial charge in [0.2, 0.25) is 0 Å². The van der Waals surface area contributed by atoms with Crippen molar-refractivity contribution in [2.45, 2.75) is 38.8 Å². The van der Waals surface area contributed by atoms with E-state index in [0.717, 1.165) is 12.0 Å². The molecule has 0 fully saturated rings. The molecule has 0 radical (unpaired) electrons. The van der Waals surface area contributed by atoms with Crippen LogP contribution in [-0.2, 0) is 4.74 Å². The highest BCUT2D eigenvalue weighted by atomic mass is 16.5. The molecule has 0 aromatic heterocycles. The van der Waals surface area contributed by atoms with Gasteiger partial charge in [0.05, 0.1) is 25.9 Å². The maximum atomic E-state index is 6.36. The third-order valence-electron chi connectivity index (χ3n) is 3.60. The maximum Gasteiger partial charge on any atom is 0.161 e. The molecule has 4 nitrogen and oxygen atoms in total. The fourth-order valence-corrected chi connectivity index (χ4v) is 2.14. The third kappa shape index (κ3) is 3.39. The summed E-state index contributed by atoms with van der Waals surface area (Å²) in [5, 5.41) is 0. The Morgan fingerprint density at radius 1 is 1.16 bits per heavy atom. The SMILES string of the molecule is CCOC(C)(CC)C(N)c1ccc(OC)c(OC)c1. The van der Waals surface area contributed by atoms with Crippen LogP contribution in [0.1, 0.15) is 38.8 Å². The van der Waals surface area contributed by atoms with E-state index in [1.54, 1.807) is 14.2 Å². The molecule has 2 unspecified atom stereocenters. The Hall–Kier alpha value is -1.26.